The third-order valence-electron chi connectivity index (χ3n) is 7.39. The van der Waals surface area contributed by atoms with Gasteiger partial charge in [0.25, 0.3) is 11.5 Å². The molecule has 2 aromatic rings. The van der Waals surface area contributed by atoms with E-state index in [0.29, 0.717) is 37.6 Å². The zero-order valence-electron chi connectivity index (χ0n) is 20.4. The fourth-order valence-electron chi connectivity index (χ4n) is 5.61. The molecule has 10 heteroatoms. The molecule has 4 heterocycles. The molecule has 3 unspecified atom stereocenters. The number of imide groups is 1. The summed E-state index contributed by atoms with van der Waals surface area (Å²) in [5.74, 6) is 0.941. The van der Waals surface area contributed by atoms with E-state index in [1.54, 1.807) is 37.3 Å². The molecule has 0 spiro atoms. The molecule has 190 valence electrons. The first kappa shape index (κ1) is 23.9. The number of pyridine rings is 1. The van der Waals surface area contributed by atoms with Crippen molar-refractivity contribution in [2.24, 2.45) is 5.92 Å². The Morgan fingerprint density at radius 3 is 2.61 bits per heavy atom. The summed E-state index contributed by atoms with van der Waals surface area (Å²) in [5, 5.41) is 2.67. The fourth-order valence-corrected chi connectivity index (χ4v) is 5.61. The van der Waals surface area contributed by atoms with Crippen LogP contribution in [-0.2, 0) is 22.6 Å². The number of methoxy groups -OCH3 is 2. The van der Waals surface area contributed by atoms with Gasteiger partial charge in [-0.25, -0.2) is 4.79 Å². The summed E-state index contributed by atoms with van der Waals surface area (Å²) in [6.07, 6.45) is 1.32. The van der Waals surface area contributed by atoms with E-state index in [1.165, 1.54) is 4.90 Å². The molecular formula is C26H30N4O6. The number of likely N-dealkylation sites (tertiary alicyclic amines) is 1. The maximum atomic E-state index is 13.1. The fraction of sp³-hybridized carbons (Fsp3) is 0.462. The van der Waals surface area contributed by atoms with E-state index in [4.69, 9.17) is 9.47 Å². The van der Waals surface area contributed by atoms with Crippen molar-refractivity contribution in [3.05, 3.63) is 58.0 Å². The van der Waals surface area contributed by atoms with Crippen molar-refractivity contribution in [2.75, 3.05) is 33.9 Å². The molecule has 0 aliphatic carbocycles. The Hall–Kier alpha value is -3.82. The lowest BCUT2D eigenvalue weighted by Crippen LogP contribution is -2.50. The minimum Gasteiger partial charge on any atom is -0.493 e. The predicted molar refractivity (Wildman–Crippen MR) is 130 cm³/mol. The van der Waals surface area contributed by atoms with E-state index in [2.05, 4.69) is 5.32 Å². The number of urea groups is 1. The minimum absolute atomic E-state index is 0.00517. The molecule has 3 aliphatic rings. The second-order valence-corrected chi connectivity index (χ2v) is 9.63. The molecule has 36 heavy (non-hydrogen) atoms. The van der Waals surface area contributed by atoms with Crippen LogP contribution in [0.3, 0.4) is 0 Å². The van der Waals surface area contributed by atoms with E-state index in [1.807, 2.05) is 22.8 Å². The van der Waals surface area contributed by atoms with E-state index in [0.717, 1.165) is 17.7 Å². The molecule has 3 aliphatic heterocycles. The summed E-state index contributed by atoms with van der Waals surface area (Å²) in [5.41, 5.74) is 1.85. The molecule has 5 rings (SSSR count). The Balaban J connectivity index is 1.20. The largest absolute Gasteiger partial charge is 0.493 e. The van der Waals surface area contributed by atoms with Crippen LogP contribution in [0.2, 0.25) is 0 Å². The first-order valence-corrected chi connectivity index (χ1v) is 12.2. The van der Waals surface area contributed by atoms with Crippen LogP contribution in [0, 0.1) is 5.92 Å². The number of amides is 4. The molecule has 0 saturated carbocycles. The summed E-state index contributed by atoms with van der Waals surface area (Å²) in [6, 6.07) is 9.39. The number of ether oxygens (including phenoxy) is 2. The van der Waals surface area contributed by atoms with Gasteiger partial charge >= 0.3 is 6.03 Å². The average Bonchev–Trinajstić information content (AvgIpc) is 3.14. The highest BCUT2D eigenvalue weighted by Crippen LogP contribution is 2.35. The van der Waals surface area contributed by atoms with E-state index < -0.39 is 12.1 Å². The Morgan fingerprint density at radius 2 is 1.83 bits per heavy atom. The highest BCUT2D eigenvalue weighted by atomic mass is 16.5. The third kappa shape index (κ3) is 4.43. The number of carbonyl (C=O) groups excluding carboxylic acids is 3. The molecule has 1 aromatic heterocycles. The molecule has 2 fully saturated rings. The van der Waals surface area contributed by atoms with Crippen LogP contribution < -0.4 is 20.3 Å². The van der Waals surface area contributed by atoms with E-state index in [9.17, 15) is 19.2 Å². The quantitative estimate of drug-likeness (QED) is 0.582. The van der Waals surface area contributed by atoms with Gasteiger partial charge in [-0.2, -0.15) is 0 Å². The van der Waals surface area contributed by atoms with E-state index in [-0.39, 0.29) is 42.2 Å². The van der Waals surface area contributed by atoms with Gasteiger partial charge in [0, 0.05) is 43.9 Å². The monoisotopic (exact) mass is 494 g/mol. The van der Waals surface area contributed by atoms with Crippen molar-refractivity contribution in [3.8, 4) is 11.5 Å². The van der Waals surface area contributed by atoms with Crippen molar-refractivity contribution < 1.29 is 23.9 Å². The van der Waals surface area contributed by atoms with Crippen LogP contribution in [0.25, 0.3) is 0 Å². The van der Waals surface area contributed by atoms with E-state index >= 15 is 0 Å². The van der Waals surface area contributed by atoms with Gasteiger partial charge in [-0.05, 0) is 42.5 Å². The zero-order chi connectivity index (χ0) is 25.4. The van der Waals surface area contributed by atoms with Crippen LogP contribution in [0.1, 0.15) is 30.0 Å². The lowest BCUT2D eigenvalue weighted by atomic mass is 9.83. The molecule has 4 amide bonds. The number of benzene rings is 1. The number of piperidine rings is 1. The summed E-state index contributed by atoms with van der Waals surface area (Å²) in [6.45, 7) is 1.85. The molecule has 3 atom stereocenters. The highest BCUT2D eigenvalue weighted by molar-refractivity contribution is 6.05. The van der Waals surface area contributed by atoms with Gasteiger partial charge in [-0.15, -0.1) is 0 Å². The summed E-state index contributed by atoms with van der Waals surface area (Å²) >= 11 is 0. The zero-order valence-corrected chi connectivity index (χ0v) is 20.4. The topological polar surface area (TPSA) is 110 Å². The first-order chi connectivity index (χ1) is 17.4. The van der Waals surface area contributed by atoms with Gasteiger partial charge in [-0.1, -0.05) is 12.1 Å². The average molecular weight is 495 g/mol. The summed E-state index contributed by atoms with van der Waals surface area (Å²) in [7, 11) is 3.11. The molecule has 2 bridgehead atoms. The second-order valence-electron chi connectivity index (χ2n) is 9.63. The van der Waals surface area contributed by atoms with Crippen molar-refractivity contribution in [1.82, 2.24) is 19.7 Å². The van der Waals surface area contributed by atoms with Gasteiger partial charge in [0.2, 0.25) is 5.91 Å². The SMILES string of the molecule is COc1ccc(CCN2C(=O)NC(CC(=O)N3CC4CC(C3)c3cccc(=O)n3C4)C2=O)cc1OC. The number of nitrogens with zero attached hydrogens (tertiary/aromatic N) is 3. The Labute approximate surface area is 208 Å². The molecule has 0 radical (unpaired) electrons. The Kier molecular flexibility index (Phi) is 6.42. The predicted octanol–water partition coefficient (Wildman–Crippen LogP) is 1.36. The molecule has 1 aromatic carbocycles. The lowest BCUT2D eigenvalue weighted by molar-refractivity contribution is -0.137. The van der Waals surface area contributed by atoms with Crippen LogP contribution in [0.15, 0.2) is 41.2 Å². The molecular weight excluding hydrogens is 464 g/mol. The number of rotatable bonds is 7. The number of carbonyl (C=O) groups is 3. The Morgan fingerprint density at radius 1 is 1.03 bits per heavy atom. The van der Waals surface area contributed by atoms with Gasteiger partial charge in [-0.3, -0.25) is 19.3 Å². The van der Waals surface area contributed by atoms with Gasteiger partial charge in [0.1, 0.15) is 6.04 Å². The van der Waals surface area contributed by atoms with Crippen molar-refractivity contribution in [1.29, 1.82) is 0 Å². The normalized spacial score (nSPS) is 22.8. The number of aromatic nitrogens is 1. The van der Waals surface area contributed by atoms with Gasteiger partial charge in [0.05, 0.1) is 20.6 Å². The number of nitrogens with one attached hydrogen (secondary N) is 1. The molecule has 2 saturated heterocycles. The molecule has 1 N–H and O–H groups in total. The number of hydrogen-bond donors (Lipinski definition) is 1. The van der Waals surface area contributed by atoms with Crippen molar-refractivity contribution in [2.45, 2.75) is 37.8 Å². The smallest absolute Gasteiger partial charge is 0.324 e. The first-order valence-electron chi connectivity index (χ1n) is 12.2. The van der Waals surface area contributed by atoms with Gasteiger partial charge in [0.15, 0.2) is 11.5 Å². The van der Waals surface area contributed by atoms with Crippen molar-refractivity contribution >= 4 is 17.8 Å². The number of hydrogen-bond acceptors (Lipinski definition) is 6. The van der Waals surface area contributed by atoms with Crippen LogP contribution in [-0.4, -0.2) is 72.1 Å². The maximum Gasteiger partial charge on any atom is 0.324 e. The second kappa shape index (κ2) is 9.67. The van der Waals surface area contributed by atoms with Crippen molar-refractivity contribution in [3.63, 3.8) is 0 Å². The Bertz CT molecular complexity index is 1260. The minimum atomic E-state index is -0.868. The maximum absolute atomic E-state index is 13.1. The summed E-state index contributed by atoms with van der Waals surface area (Å²) in [4.78, 5) is 53.8. The van der Waals surface area contributed by atoms with Crippen LogP contribution in [0.5, 0.6) is 11.5 Å². The number of fused-ring (bicyclic) bond motifs is 4. The highest BCUT2D eigenvalue weighted by Gasteiger charge is 2.41. The lowest BCUT2D eigenvalue weighted by Gasteiger charge is -2.43. The standard InChI is InChI=1S/C26H30N4O6/c1-35-21-7-6-16(11-22(21)36-2)8-9-29-25(33)19(27-26(29)34)12-24(32)28-13-17-10-18(15-28)20-4-3-5-23(31)30(20)14-17/h3-7,11,17-19H,8-10,12-15H2,1-2H3,(H,27,34). The molecule has 10 nitrogen and oxygen atoms in total. The van der Waals surface area contributed by atoms with Crippen LogP contribution >= 0.6 is 0 Å². The van der Waals surface area contributed by atoms with Gasteiger partial charge < -0.3 is 24.3 Å². The third-order valence-corrected chi connectivity index (χ3v) is 7.39. The van der Waals surface area contributed by atoms with Crippen LogP contribution in [0.4, 0.5) is 4.79 Å². The summed E-state index contributed by atoms with van der Waals surface area (Å²) < 4.78 is 12.4.